The molecule has 1 aromatic heterocycles. The van der Waals surface area contributed by atoms with Crippen LogP contribution in [0.5, 0.6) is 5.75 Å². The van der Waals surface area contributed by atoms with Crippen LogP contribution in [0, 0.1) is 12.8 Å². The molecule has 4 aromatic rings. The number of nitrogens with one attached hydrogen (secondary N) is 3. The summed E-state index contributed by atoms with van der Waals surface area (Å²) in [5.74, 6) is -1.33. The van der Waals surface area contributed by atoms with Crippen molar-refractivity contribution in [1.82, 2.24) is 15.2 Å². The number of piperidine rings is 1. The number of aryl methyl sites for hydroxylation is 1. The Morgan fingerprint density at radius 3 is 2.59 bits per heavy atom. The summed E-state index contributed by atoms with van der Waals surface area (Å²) in [5, 5.41) is 8.84. The zero-order chi connectivity index (χ0) is 38.9. The fraction of sp³-hybridized carbons (Fsp3) is 0.341. The van der Waals surface area contributed by atoms with Crippen LogP contribution in [0.4, 0.5) is 16.5 Å². The summed E-state index contributed by atoms with van der Waals surface area (Å²) in [7, 11) is 0. The molecule has 4 aliphatic rings. The van der Waals surface area contributed by atoms with Crippen LogP contribution in [0.15, 0.2) is 60.7 Å². The number of rotatable bonds is 14. The van der Waals surface area contributed by atoms with Gasteiger partial charge in [0.05, 0.1) is 36.5 Å². The lowest BCUT2D eigenvalue weighted by Crippen LogP contribution is -2.54. The first-order valence-electron chi connectivity index (χ1n) is 18.7. The highest BCUT2D eigenvalue weighted by atomic mass is 32.1. The van der Waals surface area contributed by atoms with E-state index in [0.717, 1.165) is 63.7 Å². The zero-order valence-electron chi connectivity index (χ0n) is 30.7. The van der Waals surface area contributed by atoms with Gasteiger partial charge >= 0.3 is 0 Å². The Bertz CT molecular complexity index is 2270. The van der Waals surface area contributed by atoms with Crippen molar-refractivity contribution in [3.63, 3.8) is 0 Å². The highest BCUT2D eigenvalue weighted by molar-refractivity contribution is 7.16. The first-order chi connectivity index (χ1) is 27.1. The number of carbonyl (C=O) groups excluding carboxylic acids is 6. The van der Waals surface area contributed by atoms with E-state index in [-0.39, 0.29) is 48.1 Å². The number of fused-ring (bicyclic) bond motifs is 2. The maximum atomic E-state index is 13.1. The number of hydrogen-bond donors (Lipinski definition) is 3. The van der Waals surface area contributed by atoms with Gasteiger partial charge in [0.1, 0.15) is 18.4 Å². The number of thiazole rings is 1. The van der Waals surface area contributed by atoms with Crippen LogP contribution >= 0.6 is 11.3 Å². The molecule has 14 nitrogen and oxygen atoms in total. The highest BCUT2D eigenvalue weighted by Gasteiger charge is 2.44. The van der Waals surface area contributed by atoms with Crippen molar-refractivity contribution in [2.24, 2.45) is 5.92 Å². The Hall–Kier alpha value is -5.93. The number of nitrogens with zero attached hydrogens (tertiary/aromatic N) is 3. The van der Waals surface area contributed by atoms with Gasteiger partial charge in [-0.05, 0) is 86.2 Å². The smallest absolute Gasteiger partial charge is 0.262 e. The predicted molar refractivity (Wildman–Crippen MR) is 208 cm³/mol. The summed E-state index contributed by atoms with van der Waals surface area (Å²) in [6, 6.07) is 17.3. The van der Waals surface area contributed by atoms with Crippen molar-refractivity contribution < 1.29 is 38.2 Å². The Morgan fingerprint density at radius 1 is 0.929 bits per heavy atom. The number of hydrogen-bond acceptors (Lipinski definition) is 11. The maximum Gasteiger partial charge on any atom is 0.262 e. The first-order valence-corrected chi connectivity index (χ1v) is 19.6. The summed E-state index contributed by atoms with van der Waals surface area (Å²) >= 11 is 1.43. The molecular weight excluding hydrogens is 737 g/mol. The molecule has 3 aromatic carbocycles. The van der Waals surface area contributed by atoms with Gasteiger partial charge in [0, 0.05) is 47.2 Å². The molecule has 15 heteroatoms. The molecule has 1 saturated heterocycles. The van der Waals surface area contributed by atoms with E-state index in [9.17, 15) is 28.8 Å². The highest BCUT2D eigenvalue weighted by Crippen LogP contribution is 2.39. The molecule has 1 unspecified atom stereocenters. The minimum Gasteiger partial charge on any atom is -0.491 e. The third-order valence-corrected chi connectivity index (χ3v) is 11.1. The summed E-state index contributed by atoms with van der Waals surface area (Å²) in [5.41, 5.74) is 5.77. The van der Waals surface area contributed by atoms with Gasteiger partial charge in [0.15, 0.2) is 5.13 Å². The average Bonchev–Trinajstić information content (AvgIpc) is 3.78. The zero-order valence-corrected chi connectivity index (χ0v) is 31.5. The van der Waals surface area contributed by atoms with Gasteiger partial charge < -0.3 is 25.0 Å². The van der Waals surface area contributed by atoms with Crippen molar-refractivity contribution in [2.75, 3.05) is 48.4 Å². The van der Waals surface area contributed by atoms with Crippen LogP contribution in [0.1, 0.15) is 62.4 Å². The lowest BCUT2D eigenvalue weighted by Gasteiger charge is -2.27. The van der Waals surface area contributed by atoms with Crippen LogP contribution in [-0.4, -0.2) is 84.3 Å². The van der Waals surface area contributed by atoms with E-state index in [0.29, 0.717) is 42.9 Å². The quantitative estimate of drug-likeness (QED) is 0.122. The number of aromatic nitrogens is 1. The minimum atomic E-state index is -1.01. The van der Waals surface area contributed by atoms with Crippen molar-refractivity contribution in [3.8, 4) is 17.0 Å². The van der Waals surface area contributed by atoms with Gasteiger partial charge in [-0.1, -0.05) is 18.2 Å². The number of benzene rings is 3. The van der Waals surface area contributed by atoms with Crippen molar-refractivity contribution in [3.05, 3.63) is 87.8 Å². The SMILES string of the molecule is Cc1sc(NC(=O)Cc2cccc(OCCOCCNc3ccc4c(c3)C(=O)N(C3CCC(=O)NC3=O)C4=O)c2)nc1-c1ccc2c(c1)CCN2C(=O)C1CC1. The predicted octanol–water partition coefficient (Wildman–Crippen LogP) is 4.51. The van der Waals surface area contributed by atoms with Crippen molar-refractivity contribution in [1.29, 1.82) is 0 Å². The monoisotopic (exact) mass is 776 g/mol. The second-order valence-electron chi connectivity index (χ2n) is 14.2. The van der Waals surface area contributed by atoms with Gasteiger partial charge in [-0.2, -0.15) is 0 Å². The second kappa shape index (κ2) is 15.7. The summed E-state index contributed by atoms with van der Waals surface area (Å²) in [4.78, 5) is 84.1. The van der Waals surface area contributed by atoms with E-state index in [1.54, 1.807) is 18.2 Å². The Kier molecular flexibility index (Phi) is 10.4. The standard InChI is InChI=1S/C41H40N6O8S/c1-23-36(27-7-10-32-26(21-27)13-15-46(32)38(51)25-5-6-25)45-41(56-23)44-35(49)20-24-3-2-4-29(19-24)55-18-17-54-16-14-42-28-8-9-30-31(22-28)40(53)47(39(30)52)33-11-12-34(48)43-37(33)50/h2-4,7-10,19,21-22,25,33,42H,5-6,11-18,20H2,1H3,(H,43,48,50)(H,44,45,49). The maximum absolute atomic E-state index is 13.1. The van der Waals surface area contributed by atoms with Crippen LogP contribution in [0.3, 0.4) is 0 Å². The number of anilines is 3. The molecule has 1 atom stereocenters. The van der Waals surface area contributed by atoms with E-state index in [1.807, 2.05) is 48.2 Å². The minimum absolute atomic E-state index is 0.0618. The molecule has 3 aliphatic heterocycles. The number of amides is 6. The normalized spacial score (nSPS) is 17.5. The molecule has 3 N–H and O–H groups in total. The van der Waals surface area contributed by atoms with Gasteiger partial charge in [-0.3, -0.25) is 39.0 Å². The van der Waals surface area contributed by atoms with Gasteiger partial charge in [-0.15, -0.1) is 11.3 Å². The topological polar surface area (TPSA) is 176 Å². The second-order valence-corrected chi connectivity index (χ2v) is 15.5. The van der Waals surface area contributed by atoms with Gasteiger partial charge in [0.25, 0.3) is 11.8 Å². The molecule has 0 radical (unpaired) electrons. The lowest BCUT2D eigenvalue weighted by molar-refractivity contribution is -0.136. The van der Waals surface area contributed by atoms with Crippen LogP contribution in [0.25, 0.3) is 11.3 Å². The molecular formula is C41H40N6O8S. The molecule has 4 heterocycles. The largest absolute Gasteiger partial charge is 0.491 e. The van der Waals surface area contributed by atoms with E-state index >= 15 is 0 Å². The lowest BCUT2D eigenvalue weighted by atomic mass is 10.0. The van der Waals surface area contributed by atoms with Crippen LogP contribution < -0.4 is 25.6 Å². The van der Waals surface area contributed by atoms with Gasteiger partial charge in [-0.25, -0.2) is 4.98 Å². The number of imide groups is 2. The molecule has 56 heavy (non-hydrogen) atoms. The fourth-order valence-corrected chi connectivity index (χ4v) is 8.16. The molecule has 0 bridgehead atoms. The molecule has 1 saturated carbocycles. The molecule has 0 spiro atoms. The Balaban J connectivity index is 0.762. The van der Waals surface area contributed by atoms with Crippen molar-refractivity contribution >= 4 is 63.3 Å². The third-order valence-electron chi connectivity index (χ3n) is 10.3. The van der Waals surface area contributed by atoms with E-state index in [4.69, 9.17) is 14.5 Å². The van der Waals surface area contributed by atoms with E-state index < -0.39 is 29.7 Å². The molecule has 2 fully saturated rings. The molecule has 1 aliphatic carbocycles. The number of carbonyl (C=O) groups is 6. The van der Waals surface area contributed by atoms with Crippen LogP contribution in [-0.2, 0) is 36.8 Å². The number of ether oxygens (including phenoxy) is 2. The Labute approximate surface area is 326 Å². The summed E-state index contributed by atoms with van der Waals surface area (Å²) in [6.45, 7) is 4.09. The van der Waals surface area contributed by atoms with Crippen molar-refractivity contribution in [2.45, 2.75) is 51.5 Å². The molecule has 6 amide bonds. The summed E-state index contributed by atoms with van der Waals surface area (Å²) < 4.78 is 11.6. The van der Waals surface area contributed by atoms with E-state index in [2.05, 4.69) is 22.0 Å². The first kappa shape index (κ1) is 37.0. The molecule has 8 rings (SSSR count). The summed E-state index contributed by atoms with van der Waals surface area (Å²) in [6.07, 6.45) is 3.11. The van der Waals surface area contributed by atoms with Crippen LogP contribution in [0.2, 0.25) is 0 Å². The third kappa shape index (κ3) is 7.77. The Morgan fingerprint density at radius 2 is 1.77 bits per heavy atom. The van der Waals surface area contributed by atoms with Gasteiger partial charge in [0.2, 0.25) is 23.6 Å². The fourth-order valence-electron chi connectivity index (χ4n) is 7.31. The van der Waals surface area contributed by atoms with E-state index in [1.165, 1.54) is 11.3 Å². The molecule has 288 valence electrons. The average molecular weight is 777 g/mol.